The van der Waals surface area contributed by atoms with Gasteiger partial charge in [-0.1, -0.05) is 41.1 Å². The molecule has 0 bridgehead atoms. The van der Waals surface area contributed by atoms with Gasteiger partial charge >= 0.3 is 0 Å². The fourth-order valence-electron chi connectivity index (χ4n) is 2.20. The van der Waals surface area contributed by atoms with Gasteiger partial charge in [0.05, 0.1) is 0 Å². The summed E-state index contributed by atoms with van der Waals surface area (Å²) < 4.78 is 1.25. The van der Waals surface area contributed by atoms with E-state index in [1.54, 1.807) is 0 Å². The number of nitrogens with one attached hydrogen (secondary N) is 1. The van der Waals surface area contributed by atoms with Crippen LogP contribution in [-0.2, 0) is 0 Å². The molecule has 2 heteroatoms. The van der Waals surface area contributed by atoms with E-state index >= 15 is 0 Å². The Morgan fingerprint density at radius 3 is 2.86 bits per heavy atom. The van der Waals surface area contributed by atoms with Gasteiger partial charge in [-0.05, 0) is 43.0 Å². The van der Waals surface area contributed by atoms with Crippen LogP contribution >= 0.6 is 15.9 Å². The van der Waals surface area contributed by atoms with Crippen LogP contribution in [0.4, 0.5) is 0 Å². The Hall–Kier alpha value is -0.340. The van der Waals surface area contributed by atoms with E-state index in [-0.39, 0.29) is 0 Å². The standard InChI is InChI=1S/C12H16BrN/c1-9(10-6-7-14-8-10)11-4-2-3-5-12(11)13/h2-5,9-10,14H,6-8H2,1H3. The van der Waals surface area contributed by atoms with Crippen molar-refractivity contribution in [1.29, 1.82) is 0 Å². The summed E-state index contributed by atoms with van der Waals surface area (Å²) in [4.78, 5) is 0. The molecule has 0 radical (unpaired) electrons. The number of hydrogen-bond acceptors (Lipinski definition) is 1. The van der Waals surface area contributed by atoms with Crippen molar-refractivity contribution in [2.45, 2.75) is 19.3 Å². The normalized spacial score (nSPS) is 23.7. The van der Waals surface area contributed by atoms with Gasteiger partial charge in [0, 0.05) is 4.47 Å². The minimum absolute atomic E-state index is 0.653. The zero-order valence-corrected chi connectivity index (χ0v) is 10.0. The van der Waals surface area contributed by atoms with Gasteiger partial charge < -0.3 is 5.32 Å². The summed E-state index contributed by atoms with van der Waals surface area (Å²) in [6.45, 7) is 4.68. The lowest BCUT2D eigenvalue weighted by molar-refractivity contribution is 0.486. The maximum absolute atomic E-state index is 3.62. The number of halogens is 1. The second-order valence-corrected chi connectivity index (χ2v) is 4.92. The molecule has 1 aliphatic heterocycles. The topological polar surface area (TPSA) is 12.0 Å². The summed E-state index contributed by atoms with van der Waals surface area (Å²) in [5, 5.41) is 3.43. The Labute approximate surface area is 94.0 Å². The fraction of sp³-hybridized carbons (Fsp3) is 0.500. The molecule has 1 saturated heterocycles. The molecule has 76 valence electrons. The molecular weight excluding hydrogens is 238 g/mol. The lowest BCUT2D eigenvalue weighted by Crippen LogP contribution is -2.14. The van der Waals surface area contributed by atoms with Crippen molar-refractivity contribution in [3.8, 4) is 0 Å². The molecule has 0 saturated carbocycles. The molecule has 2 unspecified atom stereocenters. The molecule has 0 aromatic heterocycles. The molecule has 0 spiro atoms. The molecular formula is C12H16BrN. The molecule has 1 aliphatic rings. The Balaban J connectivity index is 2.17. The summed E-state index contributed by atoms with van der Waals surface area (Å²) in [7, 11) is 0. The first kappa shape index (κ1) is 10.2. The minimum atomic E-state index is 0.653. The van der Waals surface area contributed by atoms with E-state index in [0.717, 1.165) is 5.92 Å². The van der Waals surface area contributed by atoms with Crippen molar-refractivity contribution in [3.63, 3.8) is 0 Å². The Morgan fingerprint density at radius 2 is 2.21 bits per heavy atom. The third-order valence-electron chi connectivity index (χ3n) is 3.20. The lowest BCUT2D eigenvalue weighted by atomic mass is 9.87. The Kier molecular flexibility index (Phi) is 3.24. The number of hydrogen-bond donors (Lipinski definition) is 1. The highest BCUT2D eigenvalue weighted by molar-refractivity contribution is 9.10. The fourth-order valence-corrected chi connectivity index (χ4v) is 2.85. The van der Waals surface area contributed by atoms with E-state index in [0.29, 0.717) is 5.92 Å². The van der Waals surface area contributed by atoms with Crippen LogP contribution < -0.4 is 5.32 Å². The zero-order valence-electron chi connectivity index (χ0n) is 8.46. The Bertz CT molecular complexity index is 305. The van der Waals surface area contributed by atoms with Gasteiger partial charge in [-0.2, -0.15) is 0 Å². The first-order valence-electron chi connectivity index (χ1n) is 5.24. The van der Waals surface area contributed by atoms with Gasteiger partial charge in [0.1, 0.15) is 0 Å². The van der Waals surface area contributed by atoms with Crippen LogP contribution in [0.1, 0.15) is 24.8 Å². The van der Waals surface area contributed by atoms with E-state index in [1.165, 1.54) is 29.5 Å². The summed E-state index contributed by atoms with van der Waals surface area (Å²) in [6, 6.07) is 8.56. The first-order chi connectivity index (χ1) is 6.79. The molecule has 1 heterocycles. The van der Waals surface area contributed by atoms with Crippen molar-refractivity contribution < 1.29 is 0 Å². The van der Waals surface area contributed by atoms with Gasteiger partial charge in [-0.3, -0.25) is 0 Å². The highest BCUT2D eigenvalue weighted by Crippen LogP contribution is 2.32. The smallest absolute Gasteiger partial charge is 0.0210 e. The number of benzene rings is 1. The quantitative estimate of drug-likeness (QED) is 0.854. The van der Waals surface area contributed by atoms with Crippen LogP contribution in [0.3, 0.4) is 0 Å². The van der Waals surface area contributed by atoms with E-state index in [4.69, 9.17) is 0 Å². The minimum Gasteiger partial charge on any atom is -0.316 e. The van der Waals surface area contributed by atoms with E-state index in [1.807, 2.05) is 0 Å². The van der Waals surface area contributed by atoms with Crippen molar-refractivity contribution in [2.75, 3.05) is 13.1 Å². The second kappa shape index (κ2) is 4.45. The van der Waals surface area contributed by atoms with Crippen LogP contribution in [0.5, 0.6) is 0 Å². The lowest BCUT2D eigenvalue weighted by Gasteiger charge is -2.19. The molecule has 2 rings (SSSR count). The van der Waals surface area contributed by atoms with Gasteiger partial charge in [0.15, 0.2) is 0 Å². The van der Waals surface area contributed by atoms with Crippen molar-refractivity contribution in [3.05, 3.63) is 34.3 Å². The SMILES string of the molecule is CC(c1ccccc1Br)C1CCNC1. The molecule has 0 amide bonds. The van der Waals surface area contributed by atoms with E-state index < -0.39 is 0 Å². The van der Waals surface area contributed by atoms with Crippen LogP contribution in [0.25, 0.3) is 0 Å². The van der Waals surface area contributed by atoms with Gasteiger partial charge in [0.2, 0.25) is 0 Å². The van der Waals surface area contributed by atoms with Crippen LogP contribution in [-0.4, -0.2) is 13.1 Å². The summed E-state index contributed by atoms with van der Waals surface area (Å²) in [6.07, 6.45) is 1.31. The second-order valence-electron chi connectivity index (χ2n) is 4.06. The van der Waals surface area contributed by atoms with Gasteiger partial charge in [-0.15, -0.1) is 0 Å². The molecule has 1 N–H and O–H groups in total. The maximum Gasteiger partial charge on any atom is 0.0210 e. The molecule has 1 aromatic carbocycles. The Morgan fingerprint density at radius 1 is 1.43 bits per heavy atom. The average Bonchev–Trinajstić information content (AvgIpc) is 2.70. The van der Waals surface area contributed by atoms with Crippen LogP contribution in [0.2, 0.25) is 0 Å². The van der Waals surface area contributed by atoms with E-state index in [2.05, 4.69) is 52.4 Å². The highest BCUT2D eigenvalue weighted by Gasteiger charge is 2.23. The van der Waals surface area contributed by atoms with Gasteiger partial charge in [-0.25, -0.2) is 0 Å². The predicted octanol–water partition coefficient (Wildman–Crippen LogP) is 3.16. The maximum atomic E-state index is 3.62. The molecule has 1 fully saturated rings. The summed E-state index contributed by atoms with van der Waals surface area (Å²) in [5.74, 6) is 1.45. The first-order valence-corrected chi connectivity index (χ1v) is 6.03. The monoisotopic (exact) mass is 253 g/mol. The average molecular weight is 254 g/mol. The molecule has 2 atom stereocenters. The van der Waals surface area contributed by atoms with Crippen molar-refractivity contribution in [1.82, 2.24) is 5.32 Å². The van der Waals surface area contributed by atoms with Crippen molar-refractivity contribution >= 4 is 15.9 Å². The third kappa shape index (κ3) is 2.01. The molecule has 0 aliphatic carbocycles. The van der Waals surface area contributed by atoms with Crippen LogP contribution in [0, 0.1) is 5.92 Å². The summed E-state index contributed by atoms with van der Waals surface area (Å²) >= 11 is 3.62. The van der Waals surface area contributed by atoms with E-state index in [9.17, 15) is 0 Å². The zero-order chi connectivity index (χ0) is 9.97. The van der Waals surface area contributed by atoms with Gasteiger partial charge in [0.25, 0.3) is 0 Å². The number of rotatable bonds is 2. The predicted molar refractivity (Wildman–Crippen MR) is 63.5 cm³/mol. The highest BCUT2D eigenvalue weighted by atomic mass is 79.9. The van der Waals surface area contributed by atoms with Crippen LogP contribution in [0.15, 0.2) is 28.7 Å². The molecule has 1 nitrogen and oxygen atoms in total. The largest absolute Gasteiger partial charge is 0.316 e. The summed E-state index contributed by atoms with van der Waals surface area (Å²) in [5.41, 5.74) is 1.45. The molecule has 14 heavy (non-hydrogen) atoms. The molecule has 1 aromatic rings. The van der Waals surface area contributed by atoms with Crippen molar-refractivity contribution in [2.24, 2.45) is 5.92 Å². The third-order valence-corrected chi connectivity index (χ3v) is 3.92.